The molecule has 0 spiro atoms. The fraction of sp³-hybridized carbons (Fsp3) is 0.236. The Kier molecular flexibility index (Phi) is 21.3. The smallest absolute Gasteiger partial charge is 0.343 e. The van der Waals surface area contributed by atoms with Crippen LogP contribution in [0.4, 0.5) is 22.0 Å². The lowest BCUT2D eigenvalue weighted by molar-refractivity contribution is -0.123. The number of carbonyl (C=O) groups excluding carboxylic acids is 6. The Morgan fingerprint density at radius 2 is 0.882 bits per heavy atom. The van der Waals surface area contributed by atoms with Gasteiger partial charge in [-0.15, -0.1) is 0 Å². The molecule has 5 amide bonds. The van der Waals surface area contributed by atoms with Gasteiger partial charge in [0.15, 0.2) is 0 Å². The number of hydrogen-bond donors (Lipinski definition) is 5. The Morgan fingerprint density at radius 1 is 0.487 bits per heavy atom. The Balaban J connectivity index is 0.000000282. The van der Waals surface area contributed by atoms with Gasteiger partial charge in [0, 0.05) is 50.2 Å². The summed E-state index contributed by atoms with van der Waals surface area (Å²) in [6, 6.07) is 28.9. The molecular formula is C55H52Cl2F5N5O9. The first-order valence-corrected chi connectivity index (χ1v) is 24.1. The molecule has 0 aliphatic carbocycles. The lowest BCUT2D eigenvalue weighted by Crippen LogP contribution is -2.47. The van der Waals surface area contributed by atoms with E-state index in [0.29, 0.717) is 39.8 Å². The molecule has 21 heteroatoms. The van der Waals surface area contributed by atoms with Gasteiger partial charge in [0.1, 0.15) is 23.6 Å². The number of likely N-dealkylation sites (N-methyl/N-ethyl adjacent to an activating group) is 2. The maximum atomic E-state index is 13.8. The molecule has 6 aromatic rings. The normalized spacial score (nSPS) is 11.6. The van der Waals surface area contributed by atoms with Crippen LogP contribution in [-0.2, 0) is 29.0 Å². The maximum Gasteiger partial charge on any atom is 0.343 e. The monoisotopic (exact) mass is 1090 g/mol. The van der Waals surface area contributed by atoms with Gasteiger partial charge in [-0.25, -0.2) is 18.0 Å². The molecule has 0 saturated carbocycles. The summed E-state index contributed by atoms with van der Waals surface area (Å²) in [5, 5.41) is 13.8. The Labute approximate surface area is 444 Å². The lowest BCUT2D eigenvalue weighted by atomic mass is 10.0. The largest absolute Gasteiger partial charge is 0.489 e. The molecule has 0 bridgehead atoms. The summed E-state index contributed by atoms with van der Waals surface area (Å²) in [5.74, 6) is -15.9. The van der Waals surface area contributed by atoms with Crippen molar-refractivity contribution in [2.75, 3.05) is 14.1 Å². The summed E-state index contributed by atoms with van der Waals surface area (Å²) in [7, 11) is 2.88. The zero-order valence-electron chi connectivity index (χ0n) is 41.7. The molecule has 0 aliphatic rings. The highest BCUT2D eigenvalue weighted by Gasteiger charge is 2.30. The van der Waals surface area contributed by atoms with E-state index in [2.05, 4.69) is 31.3 Å². The van der Waals surface area contributed by atoms with Crippen molar-refractivity contribution in [3.63, 3.8) is 0 Å². The molecule has 0 saturated heterocycles. The van der Waals surface area contributed by atoms with Crippen LogP contribution in [0.2, 0.25) is 10.0 Å². The molecule has 400 valence electrons. The van der Waals surface area contributed by atoms with Crippen LogP contribution in [0.25, 0.3) is 0 Å². The van der Waals surface area contributed by atoms with E-state index in [9.17, 15) is 50.7 Å². The summed E-state index contributed by atoms with van der Waals surface area (Å²) in [6.07, 6.45) is 0.0145. The van der Waals surface area contributed by atoms with Crippen molar-refractivity contribution in [1.29, 1.82) is 0 Å². The van der Waals surface area contributed by atoms with Gasteiger partial charge in [-0.05, 0) is 105 Å². The third-order valence-electron chi connectivity index (χ3n) is 10.8. The fourth-order valence-electron chi connectivity index (χ4n) is 6.98. The van der Waals surface area contributed by atoms with Gasteiger partial charge in [-0.2, -0.15) is 8.78 Å². The molecule has 6 rings (SSSR count). The van der Waals surface area contributed by atoms with Crippen LogP contribution in [-0.4, -0.2) is 73.9 Å². The van der Waals surface area contributed by atoms with Crippen LogP contribution in [0.15, 0.2) is 115 Å². The van der Waals surface area contributed by atoms with E-state index in [1.54, 1.807) is 36.4 Å². The number of carbonyl (C=O) groups is 6. The third kappa shape index (κ3) is 16.2. The van der Waals surface area contributed by atoms with E-state index >= 15 is 0 Å². The van der Waals surface area contributed by atoms with Gasteiger partial charge in [0.2, 0.25) is 46.6 Å². The second kappa shape index (κ2) is 27.5. The predicted molar refractivity (Wildman–Crippen MR) is 274 cm³/mol. The maximum absolute atomic E-state index is 13.8. The average molecular weight is 1090 g/mol. The SMILES string of the molecule is CNC(=O)[C@H](Cc1ccc(C(=O)NCc2ccccc2)cc1)NC(=O)c1ccc(OC(C)C)c(Cl)c1.CNC(=O)[C@H](Cc1ccc(C(=O)Oc2c(F)c(F)c(F)c(F)c2F)cc1)NC(=O)c1ccc(OC(C)C)c(Cl)c1. The number of hydrogen-bond acceptors (Lipinski definition) is 9. The molecule has 6 aromatic carbocycles. The summed E-state index contributed by atoms with van der Waals surface area (Å²) in [5.41, 5.74) is 2.95. The first-order valence-electron chi connectivity index (χ1n) is 23.3. The van der Waals surface area contributed by atoms with E-state index in [1.807, 2.05) is 58.0 Å². The third-order valence-corrected chi connectivity index (χ3v) is 11.4. The number of rotatable bonds is 19. The lowest BCUT2D eigenvalue weighted by Gasteiger charge is -2.18. The van der Waals surface area contributed by atoms with Gasteiger partial charge < -0.3 is 40.8 Å². The van der Waals surface area contributed by atoms with E-state index in [-0.39, 0.29) is 53.0 Å². The van der Waals surface area contributed by atoms with Crippen LogP contribution in [0, 0.1) is 29.1 Å². The molecule has 76 heavy (non-hydrogen) atoms. The fourth-order valence-corrected chi connectivity index (χ4v) is 7.43. The van der Waals surface area contributed by atoms with Crippen LogP contribution < -0.4 is 40.8 Å². The van der Waals surface area contributed by atoms with Gasteiger partial charge >= 0.3 is 5.97 Å². The van der Waals surface area contributed by atoms with Crippen molar-refractivity contribution < 1.29 is 64.9 Å². The first-order chi connectivity index (χ1) is 36.1. The van der Waals surface area contributed by atoms with Crippen molar-refractivity contribution in [3.05, 3.63) is 193 Å². The molecule has 5 N–H and O–H groups in total. The highest BCUT2D eigenvalue weighted by Crippen LogP contribution is 2.31. The minimum absolute atomic E-state index is 0.0410. The number of benzene rings is 6. The number of esters is 1. The number of ether oxygens (including phenoxy) is 3. The number of halogens is 7. The quantitative estimate of drug-likeness (QED) is 0.0173. The van der Waals surface area contributed by atoms with Gasteiger partial charge in [0.05, 0.1) is 27.8 Å². The molecule has 0 unspecified atom stereocenters. The van der Waals surface area contributed by atoms with E-state index < -0.39 is 70.6 Å². The molecule has 0 radical (unpaired) electrons. The summed E-state index contributed by atoms with van der Waals surface area (Å²) < 4.78 is 83.2. The van der Waals surface area contributed by atoms with Crippen molar-refractivity contribution >= 4 is 58.7 Å². The van der Waals surface area contributed by atoms with Gasteiger partial charge in [-0.1, -0.05) is 77.8 Å². The van der Waals surface area contributed by atoms with Crippen LogP contribution in [0.3, 0.4) is 0 Å². The Hall–Kier alpha value is -8.03. The number of amides is 5. The van der Waals surface area contributed by atoms with E-state index in [0.717, 1.165) is 23.3 Å². The number of nitrogens with one attached hydrogen (secondary N) is 5. The highest BCUT2D eigenvalue weighted by molar-refractivity contribution is 6.32. The highest BCUT2D eigenvalue weighted by atomic mass is 35.5. The summed E-state index contributed by atoms with van der Waals surface area (Å²) >= 11 is 12.4. The molecular weight excluding hydrogens is 1040 g/mol. The van der Waals surface area contributed by atoms with Crippen molar-refractivity contribution in [2.24, 2.45) is 0 Å². The van der Waals surface area contributed by atoms with Crippen molar-refractivity contribution in [3.8, 4) is 17.2 Å². The minimum Gasteiger partial charge on any atom is -0.489 e. The standard InChI is InChI=1S/C28H30ClN3O4.C27H22ClF5N2O5/c1-18(2)36-25-14-13-22(16-23(25)29)27(34)32-24(28(35)30-3)15-19-9-11-21(12-10-19)26(33)31-17-20-7-5-4-6-8-20;1-12(2)39-18-9-8-15(11-16(18)28)25(36)35-17(26(37)34-3)10-13-4-6-14(7-5-13)27(38)40-24-22(32)20(30)19(29)21(31)23(24)33/h4-14,16,18,24H,15,17H2,1-3H3,(H,30,35)(H,31,33)(H,32,34);4-9,11-12,17H,10H2,1-3H3,(H,34,37)(H,35,36)/t24-;17-/m00/s1. The predicted octanol–water partition coefficient (Wildman–Crippen LogP) is 9.27. The Morgan fingerprint density at radius 3 is 1.28 bits per heavy atom. The van der Waals surface area contributed by atoms with Crippen LogP contribution in [0.1, 0.15) is 85.8 Å². The Bertz CT molecular complexity index is 3030. The summed E-state index contributed by atoms with van der Waals surface area (Å²) in [6.45, 7) is 7.82. The molecule has 0 aromatic heterocycles. The molecule has 2 atom stereocenters. The molecule has 0 heterocycles. The molecule has 0 fully saturated rings. The van der Waals surface area contributed by atoms with Crippen molar-refractivity contribution in [1.82, 2.24) is 26.6 Å². The zero-order valence-corrected chi connectivity index (χ0v) is 43.2. The molecule has 0 aliphatic heterocycles. The topological polar surface area (TPSA) is 190 Å². The second-order valence-corrected chi connectivity index (χ2v) is 18.0. The van der Waals surface area contributed by atoms with Gasteiger partial charge in [-0.3, -0.25) is 24.0 Å². The van der Waals surface area contributed by atoms with Gasteiger partial charge in [0.25, 0.3) is 17.7 Å². The molecule has 14 nitrogen and oxygen atoms in total. The zero-order chi connectivity index (χ0) is 55.8. The summed E-state index contributed by atoms with van der Waals surface area (Å²) in [4.78, 5) is 75.3. The average Bonchev–Trinajstić information content (AvgIpc) is 3.41. The minimum atomic E-state index is -2.39. The first kappa shape index (κ1) is 58.9. The van der Waals surface area contributed by atoms with E-state index in [4.69, 9.17) is 32.7 Å². The second-order valence-electron chi connectivity index (χ2n) is 17.2. The van der Waals surface area contributed by atoms with Crippen LogP contribution in [0.5, 0.6) is 17.2 Å². The van der Waals surface area contributed by atoms with Crippen molar-refractivity contribution in [2.45, 2.75) is 71.4 Å². The van der Waals surface area contributed by atoms with Crippen LogP contribution >= 0.6 is 23.2 Å². The van der Waals surface area contributed by atoms with E-state index in [1.165, 1.54) is 50.5 Å².